The van der Waals surface area contributed by atoms with Crippen LogP contribution in [0.1, 0.15) is 74.5 Å². The summed E-state index contributed by atoms with van der Waals surface area (Å²) in [6.07, 6.45) is 10.3. The van der Waals surface area contributed by atoms with Crippen molar-refractivity contribution in [3.8, 4) is 0 Å². The summed E-state index contributed by atoms with van der Waals surface area (Å²) >= 11 is 0. The molecule has 182 valence electrons. The van der Waals surface area contributed by atoms with E-state index in [1.807, 2.05) is 0 Å². The first-order chi connectivity index (χ1) is 16.0. The Labute approximate surface area is 196 Å². The van der Waals surface area contributed by atoms with Gasteiger partial charge in [0.2, 0.25) is 0 Å². The van der Waals surface area contributed by atoms with Crippen LogP contribution in [0.3, 0.4) is 0 Å². The number of unbranched alkanes of at least 4 members (excludes halogenated alkanes) is 2. The van der Waals surface area contributed by atoms with Crippen molar-refractivity contribution in [2.24, 2.45) is 0 Å². The van der Waals surface area contributed by atoms with Gasteiger partial charge in [-0.05, 0) is 73.7 Å². The summed E-state index contributed by atoms with van der Waals surface area (Å²) in [7, 11) is -2.91. The van der Waals surface area contributed by atoms with Crippen molar-refractivity contribution in [1.29, 1.82) is 0 Å². The van der Waals surface area contributed by atoms with Gasteiger partial charge in [0.15, 0.2) is 0 Å². The van der Waals surface area contributed by atoms with Gasteiger partial charge in [0.05, 0.1) is 6.61 Å². The number of halogens is 2. The molecule has 0 aliphatic heterocycles. The van der Waals surface area contributed by atoms with Crippen LogP contribution < -0.4 is 5.32 Å². The molecular weight excluding hydrogens is 443 g/mol. The van der Waals surface area contributed by atoms with Gasteiger partial charge in [-0.1, -0.05) is 56.0 Å². The summed E-state index contributed by atoms with van der Waals surface area (Å²) in [6.45, 7) is 0.852. The third-order valence-corrected chi connectivity index (χ3v) is 7.25. The molecule has 0 bridgehead atoms. The highest BCUT2D eigenvalue weighted by Gasteiger charge is 2.34. The Balaban J connectivity index is 1.41. The second-order valence-corrected chi connectivity index (χ2v) is 9.91. The van der Waals surface area contributed by atoms with Gasteiger partial charge in [-0.25, -0.2) is 8.78 Å². The second kappa shape index (κ2) is 13.3. The van der Waals surface area contributed by atoms with E-state index in [9.17, 15) is 13.3 Å². The fourth-order valence-electron chi connectivity index (χ4n) is 5.02. The number of benzene rings is 2. The molecule has 1 fully saturated rings. The standard InChI is InChI=1S/C26H36F2NO3P/c27-24-19-22(20-29-16-9-17-32-33(30)31)25(28)18-21(24)10-3-2-6-13-26(14-7-8-15-26)23-11-4-1-5-12-23/h1,4-5,11-12,18-19,29,33H,2-3,6-10,13-17,20H2,(H,30,31). The Morgan fingerprint density at radius 2 is 1.67 bits per heavy atom. The van der Waals surface area contributed by atoms with Crippen molar-refractivity contribution in [3.05, 3.63) is 70.8 Å². The molecule has 33 heavy (non-hydrogen) atoms. The molecule has 2 aromatic rings. The van der Waals surface area contributed by atoms with Crippen LogP contribution in [-0.2, 0) is 27.5 Å². The third-order valence-electron chi connectivity index (χ3n) is 6.80. The molecule has 1 saturated carbocycles. The van der Waals surface area contributed by atoms with E-state index in [0.29, 0.717) is 35.9 Å². The highest BCUT2D eigenvalue weighted by Crippen LogP contribution is 2.44. The zero-order valence-corrected chi connectivity index (χ0v) is 20.3. The van der Waals surface area contributed by atoms with E-state index < -0.39 is 14.1 Å². The number of aryl methyl sites for hydroxylation is 1. The number of nitrogens with one attached hydrogen (secondary N) is 1. The first-order valence-electron chi connectivity index (χ1n) is 12.1. The monoisotopic (exact) mass is 479 g/mol. The van der Waals surface area contributed by atoms with E-state index in [-0.39, 0.29) is 19.0 Å². The van der Waals surface area contributed by atoms with Crippen molar-refractivity contribution >= 4 is 8.25 Å². The maximum absolute atomic E-state index is 14.5. The molecule has 1 aliphatic carbocycles. The summed E-state index contributed by atoms with van der Waals surface area (Å²) in [4.78, 5) is 8.59. The maximum atomic E-state index is 14.5. The average Bonchev–Trinajstić information content (AvgIpc) is 3.29. The molecule has 2 N–H and O–H groups in total. The van der Waals surface area contributed by atoms with E-state index in [1.165, 1.54) is 49.8 Å². The van der Waals surface area contributed by atoms with Crippen LogP contribution in [0.2, 0.25) is 0 Å². The van der Waals surface area contributed by atoms with E-state index in [4.69, 9.17) is 4.89 Å². The van der Waals surface area contributed by atoms with E-state index >= 15 is 0 Å². The van der Waals surface area contributed by atoms with Crippen LogP contribution in [0, 0.1) is 11.6 Å². The molecule has 1 unspecified atom stereocenters. The quantitative estimate of drug-likeness (QED) is 0.241. The third kappa shape index (κ3) is 7.99. The topological polar surface area (TPSA) is 58.6 Å². The lowest BCUT2D eigenvalue weighted by Gasteiger charge is -2.30. The van der Waals surface area contributed by atoms with Crippen molar-refractivity contribution in [2.45, 2.75) is 76.2 Å². The minimum Gasteiger partial charge on any atom is -0.326 e. The van der Waals surface area contributed by atoms with Gasteiger partial charge < -0.3 is 14.7 Å². The first-order valence-corrected chi connectivity index (χ1v) is 13.4. The van der Waals surface area contributed by atoms with Gasteiger partial charge in [0, 0.05) is 12.1 Å². The van der Waals surface area contributed by atoms with Gasteiger partial charge in [-0.3, -0.25) is 4.57 Å². The van der Waals surface area contributed by atoms with E-state index in [1.54, 1.807) is 0 Å². The summed E-state index contributed by atoms with van der Waals surface area (Å²) in [5.41, 5.74) is 2.49. The highest BCUT2D eigenvalue weighted by molar-refractivity contribution is 7.32. The van der Waals surface area contributed by atoms with Crippen LogP contribution >= 0.6 is 8.25 Å². The second-order valence-electron chi connectivity index (χ2n) is 9.09. The highest BCUT2D eigenvalue weighted by atomic mass is 31.1. The Bertz CT molecular complexity index is 889. The summed E-state index contributed by atoms with van der Waals surface area (Å²) in [5, 5.41) is 3.01. The van der Waals surface area contributed by atoms with Gasteiger partial charge in [-0.2, -0.15) is 0 Å². The molecule has 0 aromatic heterocycles. The predicted molar refractivity (Wildman–Crippen MR) is 129 cm³/mol. The van der Waals surface area contributed by atoms with Crippen molar-refractivity contribution in [3.63, 3.8) is 0 Å². The molecule has 0 spiro atoms. The van der Waals surface area contributed by atoms with Crippen LogP contribution in [0.15, 0.2) is 42.5 Å². The van der Waals surface area contributed by atoms with Gasteiger partial charge in [0.1, 0.15) is 11.6 Å². The molecule has 0 heterocycles. The van der Waals surface area contributed by atoms with Crippen molar-refractivity contribution < 1.29 is 22.8 Å². The Hall–Kier alpha value is -1.59. The summed E-state index contributed by atoms with van der Waals surface area (Å²) in [5.74, 6) is -0.753. The number of hydrogen-bond acceptors (Lipinski definition) is 3. The smallest absolute Gasteiger partial charge is 0.316 e. The lowest BCUT2D eigenvalue weighted by Crippen LogP contribution is -2.21. The Morgan fingerprint density at radius 1 is 0.970 bits per heavy atom. The normalized spacial score (nSPS) is 16.2. The molecule has 2 aromatic carbocycles. The van der Waals surface area contributed by atoms with Crippen LogP contribution in [0.5, 0.6) is 0 Å². The molecule has 1 atom stereocenters. The molecule has 4 nitrogen and oxygen atoms in total. The summed E-state index contributed by atoms with van der Waals surface area (Å²) in [6, 6.07) is 13.4. The van der Waals surface area contributed by atoms with Crippen LogP contribution in [0.25, 0.3) is 0 Å². The lowest BCUT2D eigenvalue weighted by atomic mass is 9.75. The molecule has 0 amide bonds. The van der Waals surface area contributed by atoms with E-state index in [0.717, 1.165) is 19.3 Å². The van der Waals surface area contributed by atoms with Crippen LogP contribution in [-0.4, -0.2) is 18.0 Å². The van der Waals surface area contributed by atoms with Gasteiger partial charge in [-0.15, -0.1) is 0 Å². The lowest BCUT2D eigenvalue weighted by molar-refractivity contribution is 0.276. The average molecular weight is 480 g/mol. The van der Waals surface area contributed by atoms with Crippen LogP contribution in [0.4, 0.5) is 8.78 Å². The van der Waals surface area contributed by atoms with E-state index in [2.05, 4.69) is 40.2 Å². The van der Waals surface area contributed by atoms with Crippen molar-refractivity contribution in [2.75, 3.05) is 13.2 Å². The zero-order valence-electron chi connectivity index (χ0n) is 19.3. The SMILES string of the molecule is O=[PH](O)OCCCNCc1cc(F)c(CCCCCC2(c3ccccc3)CCCC2)cc1F. The predicted octanol–water partition coefficient (Wildman–Crippen LogP) is 6.46. The minimum atomic E-state index is -2.91. The van der Waals surface area contributed by atoms with Crippen molar-refractivity contribution in [1.82, 2.24) is 5.32 Å². The fraction of sp³-hybridized carbons (Fsp3) is 0.538. The Kier molecular flexibility index (Phi) is 10.5. The molecule has 3 rings (SSSR count). The first kappa shape index (κ1) is 26.0. The molecule has 1 aliphatic rings. The molecule has 0 saturated heterocycles. The maximum Gasteiger partial charge on any atom is 0.316 e. The molecular formula is C26H36F2NO3P. The Morgan fingerprint density at radius 3 is 2.39 bits per heavy atom. The fourth-order valence-corrected chi connectivity index (χ4v) is 5.34. The molecule has 7 heteroatoms. The largest absolute Gasteiger partial charge is 0.326 e. The zero-order chi connectivity index (χ0) is 23.5. The minimum absolute atomic E-state index is 0.156. The summed E-state index contributed by atoms with van der Waals surface area (Å²) < 4.78 is 44.0. The number of hydrogen-bond donors (Lipinski definition) is 2. The molecule has 0 radical (unpaired) electrons. The number of rotatable bonds is 14. The van der Waals surface area contributed by atoms with Gasteiger partial charge >= 0.3 is 8.25 Å². The van der Waals surface area contributed by atoms with Gasteiger partial charge in [0.25, 0.3) is 0 Å².